The Labute approximate surface area is 144 Å². The van der Waals surface area contributed by atoms with E-state index >= 15 is 0 Å². The number of carbonyl (C=O) groups excluding carboxylic acids is 1. The molecule has 1 amide bonds. The molecular formula is C19H29NO4. The van der Waals surface area contributed by atoms with E-state index in [1.807, 2.05) is 51.1 Å². The number of hydrogen-bond acceptors (Lipinski definition) is 4. The van der Waals surface area contributed by atoms with Gasteiger partial charge in [-0.15, -0.1) is 0 Å². The molecule has 134 valence electrons. The first kappa shape index (κ1) is 18.7. The lowest BCUT2D eigenvalue weighted by molar-refractivity contribution is -0.0478. The van der Waals surface area contributed by atoms with Crippen LogP contribution < -0.4 is 0 Å². The highest BCUT2D eigenvalue weighted by molar-refractivity contribution is 5.69. The predicted octanol–water partition coefficient (Wildman–Crippen LogP) is 3.62. The van der Waals surface area contributed by atoms with Gasteiger partial charge < -0.3 is 14.2 Å². The molecule has 1 atom stereocenters. The first-order valence-corrected chi connectivity index (χ1v) is 8.47. The number of hydrogen-bond donors (Lipinski definition) is 0. The van der Waals surface area contributed by atoms with Gasteiger partial charge in [0, 0.05) is 13.7 Å². The van der Waals surface area contributed by atoms with Crippen LogP contribution in [0.2, 0.25) is 0 Å². The minimum Gasteiger partial charge on any atom is -0.444 e. The number of benzene rings is 1. The number of ether oxygens (including phenoxy) is 3. The zero-order valence-corrected chi connectivity index (χ0v) is 15.2. The average molecular weight is 335 g/mol. The molecule has 5 heteroatoms. The van der Waals surface area contributed by atoms with E-state index in [0.717, 1.165) is 18.4 Å². The predicted molar refractivity (Wildman–Crippen MR) is 92.9 cm³/mol. The summed E-state index contributed by atoms with van der Waals surface area (Å²) < 4.78 is 16.9. The van der Waals surface area contributed by atoms with Gasteiger partial charge in [-0.1, -0.05) is 30.3 Å². The van der Waals surface area contributed by atoms with Gasteiger partial charge in [-0.25, -0.2) is 4.79 Å². The Morgan fingerprint density at radius 3 is 2.54 bits per heavy atom. The molecule has 1 aliphatic rings. The smallest absolute Gasteiger partial charge is 0.410 e. The van der Waals surface area contributed by atoms with Gasteiger partial charge in [-0.05, 0) is 39.2 Å². The maximum atomic E-state index is 12.6. The Bertz CT molecular complexity index is 526. The standard InChI is InChI=1S/C19H29NO4/c1-18(2,3)24-17(21)20-12-8-11-19(20,14-22-4)15-23-13-16-9-6-5-7-10-16/h5-7,9-10H,8,11-15H2,1-4H3/t19-/m0/s1. The van der Waals surface area contributed by atoms with Crippen LogP contribution in [0.25, 0.3) is 0 Å². The van der Waals surface area contributed by atoms with Gasteiger partial charge in [0.2, 0.25) is 0 Å². The van der Waals surface area contributed by atoms with Crippen LogP contribution in [0, 0.1) is 0 Å². The molecule has 0 bridgehead atoms. The SMILES string of the molecule is COC[C@]1(COCc2ccccc2)CCCN1C(=O)OC(C)(C)C. The molecular weight excluding hydrogens is 306 g/mol. The molecule has 1 fully saturated rings. The molecule has 1 aromatic carbocycles. The average Bonchev–Trinajstić information content (AvgIpc) is 2.91. The third kappa shape index (κ3) is 4.95. The van der Waals surface area contributed by atoms with Gasteiger partial charge in [0.05, 0.1) is 25.4 Å². The largest absolute Gasteiger partial charge is 0.444 e. The van der Waals surface area contributed by atoms with E-state index in [0.29, 0.717) is 26.4 Å². The summed E-state index contributed by atoms with van der Waals surface area (Å²) in [5, 5.41) is 0. The zero-order chi connectivity index (χ0) is 17.6. The fourth-order valence-electron chi connectivity index (χ4n) is 3.08. The Morgan fingerprint density at radius 2 is 1.92 bits per heavy atom. The molecule has 0 saturated carbocycles. The molecule has 0 aromatic heterocycles. The number of amides is 1. The van der Waals surface area contributed by atoms with Crippen molar-refractivity contribution in [2.45, 2.75) is 51.4 Å². The van der Waals surface area contributed by atoms with Gasteiger partial charge in [0.15, 0.2) is 0 Å². The lowest BCUT2D eigenvalue weighted by atomic mass is 9.98. The quantitative estimate of drug-likeness (QED) is 0.797. The van der Waals surface area contributed by atoms with Crippen molar-refractivity contribution in [1.82, 2.24) is 4.90 Å². The summed E-state index contributed by atoms with van der Waals surface area (Å²) in [5.74, 6) is 0. The summed E-state index contributed by atoms with van der Waals surface area (Å²) in [6.07, 6.45) is 1.49. The van der Waals surface area contributed by atoms with Gasteiger partial charge in [0.25, 0.3) is 0 Å². The van der Waals surface area contributed by atoms with E-state index in [1.54, 1.807) is 12.0 Å². The van der Waals surface area contributed by atoms with Crippen molar-refractivity contribution in [3.05, 3.63) is 35.9 Å². The van der Waals surface area contributed by atoms with Crippen molar-refractivity contribution in [2.75, 3.05) is 26.9 Å². The topological polar surface area (TPSA) is 48.0 Å². The van der Waals surface area contributed by atoms with Crippen LogP contribution >= 0.6 is 0 Å². The van der Waals surface area contributed by atoms with E-state index in [4.69, 9.17) is 14.2 Å². The second-order valence-corrected chi connectivity index (χ2v) is 7.37. The Balaban J connectivity index is 2.03. The zero-order valence-electron chi connectivity index (χ0n) is 15.2. The minimum atomic E-state index is -0.511. The van der Waals surface area contributed by atoms with E-state index in [1.165, 1.54) is 0 Å². The van der Waals surface area contributed by atoms with Gasteiger partial charge >= 0.3 is 6.09 Å². The van der Waals surface area contributed by atoms with Crippen molar-refractivity contribution < 1.29 is 19.0 Å². The number of methoxy groups -OCH3 is 1. The molecule has 24 heavy (non-hydrogen) atoms. The molecule has 0 spiro atoms. The summed E-state index contributed by atoms with van der Waals surface area (Å²) in [6.45, 7) is 7.72. The second kappa shape index (κ2) is 7.99. The molecule has 5 nitrogen and oxygen atoms in total. The van der Waals surface area contributed by atoms with E-state index in [9.17, 15) is 4.79 Å². The van der Waals surface area contributed by atoms with Crippen LogP contribution in [-0.4, -0.2) is 49.0 Å². The van der Waals surface area contributed by atoms with Crippen molar-refractivity contribution in [1.29, 1.82) is 0 Å². The van der Waals surface area contributed by atoms with Crippen molar-refractivity contribution in [3.8, 4) is 0 Å². The van der Waals surface area contributed by atoms with Crippen molar-refractivity contribution in [3.63, 3.8) is 0 Å². The molecule has 1 heterocycles. The van der Waals surface area contributed by atoms with Crippen molar-refractivity contribution in [2.24, 2.45) is 0 Å². The summed E-state index contributed by atoms with van der Waals surface area (Å²) in [4.78, 5) is 14.4. The second-order valence-electron chi connectivity index (χ2n) is 7.37. The van der Waals surface area contributed by atoms with Crippen LogP contribution in [0.15, 0.2) is 30.3 Å². The van der Waals surface area contributed by atoms with Gasteiger partial charge in [-0.2, -0.15) is 0 Å². The van der Waals surface area contributed by atoms with Crippen LogP contribution in [0.1, 0.15) is 39.2 Å². The number of likely N-dealkylation sites (tertiary alicyclic amines) is 1. The first-order valence-electron chi connectivity index (χ1n) is 8.47. The number of nitrogens with zero attached hydrogens (tertiary/aromatic N) is 1. The highest BCUT2D eigenvalue weighted by Crippen LogP contribution is 2.32. The van der Waals surface area contributed by atoms with Gasteiger partial charge in [-0.3, -0.25) is 4.90 Å². The molecule has 1 saturated heterocycles. The molecule has 0 aliphatic carbocycles. The molecule has 0 radical (unpaired) electrons. The molecule has 2 rings (SSSR count). The highest BCUT2D eigenvalue weighted by Gasteiger charge is 2.45. The van der Waals surface area contributed by atoms with Gasteiger partial charge in [0.1, 0.15) is 5.60 Å². The highest BCUT2D eigenvalue weighted by atomic mass is 16.6. The minimum absolute atomic E-state index is 0.291. The monoisotopic (exact) mass is 335 g/mol. The third-order valence-corrected chi connectivity index (χ3v) is 4.11. The maximum Gasteiger partial charge on any atom is 0.410 e. The Hall–Kier alpha value is -1.59. The first-order chi connectivity index (χ1) is 11.4. The van der Waals surface area contributed by atoms with E-state index < -0.39 is 11.1 Å². The molecule has 0 N–H and O–H groups in total. The van der Waals surface area contributed by atoms with Crippen LogP contribution in [-0.2, 0) is 20.8 Å². The fraction of sp³-hybridized carbons (Fsp3) is 0.632. The van der Waals surface area contributed by atoms with E-state index in [-0.39, 0.29) is 6.09 Å². The van der Waals surface area contributed by atoms with Crippen molar-refractivity contribution >= 4 is 6.09 Å². The Morgan fingerprint density at radius 1 is 1.21 bits per heavy atom. The van der Waals surface area contributed by atoms with Crippen LogP contribution in [0.5, 0.6) is 0 Å². The third-order valence-electron chi connectivity index (χ3n) is 4.11. The lowest BCUT2D eigenvalue weighted by Gasteiger charge is -2.38. The molecule has 1 aliphatic heterocycles. The Kier molecular flexibility index (Phi) is 6.24. The fourth-order valence-corrected chi connectivity index (χ4v) is 3.08. The summed E-state index contributed by atoms with van der Waals surface area (Å²) in [5.41, 5.74) is 0.154. The lowest BCUT2D eigenvalue weighted by Crippen LogP contribution is -2.54. The molecule has 1 aromatic rings. The summed E-state index contributed by atoms with van der Waals surface area (Å²) >= 11 is 0. The maximum absolute atomic E-state index is 12.6. The summed E-state index contributed by atoms with van der Waals surface area (Å²) in [6, 6.07) is 10.0. The number of rotatable bonds is 6. The number of carbonyl (C=O) groups is 1. The van der Waals surface area contributed by atoms with E-state index in [2.05, 4.69) is 0 Å². The normalized spacial score (nSPS) is 21.1. The van der Waals surface area contributed by atoms with Crippen LogP contribution in [0.4, 0.5) is 4.79 Å². The molecule has 0 unspecified atom stereocenters. The van der Waals surface area contributed by atoms with Crippen LogP contribution in [0.3, 0.4) is 0 Å². The summed E-state index contributed by atoms with van der Waals surface area (Å²) in [7, 11) is 1.66.